The maximum atomic E-state index is 12.4. The van der Waals surface area contributed by atoms with Crippen molar-refractivity contribution in [2.45, 2.75) is 19.4 Å². The predicted octanol–water partition coefficient (Wildman–Crippen LogP) is 1.81. The standard InChI is InChI=1S/C17H19N3O4S/c1-11-13-6-8-25-16(13)5-7-19(11)10-17(21)18-14-4-3-12(20(22)23)9-15(14)24-2/h3-4,6,8-9,11H,5,7,10H2,1-2H3,(H,18,21)/p+1/t11-/m0/s1. The molecule has 2 N–H and O–H groups in total. The van der Waals surface area contributed by atoms with Crippen molar-refractivity contribution in [1.82, 2.24) is 0 Å². The number of carbonyl (C=O) groups excluding carboxylic acids is 1. The van der Waals surface area contributed by atoms with E-state index in [1.54, 1.807) is 11.3 Å². The molecule has 0 saturated carbocycles. The lowest BCUT2D eigenvalue weighted by molar-refractivity contribution is -0.923. The maximum Gasteiger partial charge on any atom is 0.279 e. The molecule has 1 aromatic carbocycles. The molecular weight excluding hydrogens is 342 g/mol. The summed E-state index contributed by atoms with van der Waals surface area (Å²) in [6.07, 6.45) is 0.987. The van der Waals surface area contributed by atoms with Gasteiger partial charge in [-0.05, 0) is 24.4 Å². The van der Waals surface area contributed by atoms with E-state index in [4.69, 9.17) is 4.74 Å². The van der Waals surface area contributed by atoms with Gasteiger partial charge in [-0.15, -0.1) is 11.3 Å². The smallest absolute Gasteiger partial charge is 0.279 e. The number of fused-ring (bicyclic) bond motifs is 1. The monoisotopic (exact) mass is 362 g/mol. The summed E-state index contributed by atoms with van der Waals surface area (Å²) in [7, 11) is 1.42. The molecule has 2 aromatic rings. The van der Waals surface area contributed by atoms with Gasteiger partial charge in [0.05, 0.1) is 30.3 Å². The lowest BCUT2D eigenvalue weighted by atomic mass is 10.0. The van der Waals surface area contributed by atoms with Crippen molar-refractivity contribution in [3.63, 3.8) is 0 Å². The van der Waals surface area contributed by atoms with Crippen LogP contribution in [0.25, 0.3) is 0 Å². The average Bonchev–Trinajstić information content (AvgIpc) is 3.07. The molecule has 25 heavy (non-hydrogen) atoms. The summed E-state index contributed by atoms with van der Waals surface area (Å²) in [4.78, 5) is 25.4. The molecule has 3 rings (SSSR count). The zero-order chi connectivity index (χ0) is 18.0. The Balaban J connectivity index is 1.68. The number of non-ortho nitro benzene ring substituents is 1. The van der Waals surface area contributed by atoms with Crippen LogP contribution in [0.2, 0.25) is 0 Å². The van der Waals surface area contributed by atoms with E-state index in [0.717, 1.165) is 13.0 Å². The molecule has 0 aliphatic carbocycles. The molecule has 0 saturated heterocycles. The van der Waals surface area contributed by atoms with Gasteiger partial charge in [-0.1, -0.05) is 0 Å². The number of benzene rings is 1. The van der Waals surface area contributed by atoms with E-state index in [1.165, 1.54) is 40.6 Å². The zero-order valence-electron chi connectivity index (χ0n) is 14.1. The lowest BCUT2D eigenvalue weighted by Crippen LogP contribution is -3.14. The Morgan fingerprint density at radius 2 is 2.28 bits per heavy atom. The number of nitro benzene ring substituents is 1. The summed E-state index contributed by atoms with van der Waals surface area (Å²) in [5.41, 5.74) is 1.69. The van der Waals surface area contributed by atoms with E-state index in [0.29, 0.717) is 12.2 Å². The highest BCUT2D eigenvalue weighted by atomic mass is 32.1. The van der Waals surface area contributed by atoms with Crippen molar-refractivity contribution in [1.29, 1.82) is 0 Å². The first kappa shape index (κ1) is 17.4. The van der Waals surface area contributed by atoms with E-state index in [9.17, 15) is 14.9 Å². The number of methoxy groups -OCH3 is 1. The minimum Gasteiger partial charge on any atom is -0.494 e. The summed E-state index contributed by atoms with van der Waals surface area (Å²) in [5, 5.41) is 15.8. The molecule has 0 fully saturated rings. The molecule has 0 bridgehead atoms. The fourth-order valence-electron chi connectivity index (χ4n) is 3.19. The van der Waals surface area contributed by atoms with E-state index in [2.05, 4.69) is 23.7 Å². The summed E-state index contributed by atoms with van der Waals surface area (Å²) in [5.74, 6) is 0.150. The number of nitrogens with one attached hydrogen (secondary N) is 2. The van der Waals surface area contributed by atoms with Crippen LogP contribution in [0.15, 0.2) is 29.6 Å². The van der Waals surface area contributed by atoms with Crippen LogP contribution in [0.5, 0.6) is 5.75 Å². The normalized spacial score (nSPS) is 19.1. The van der Waals surface area contributed by atoms with Crippen LogP contribution in [0, 0.1) is 10.1 Å². The van der Waals surface area contributed by atoms with Gasteiger partial charge in [0.1, 0.15) is 11.8 Å². The topological polar surface area (TPSA) is 85.9 Å². The maximum absolute atomic E-state index is 12.4. The van der Waals surface area contributed by atoms with Crippen molar-refractivity contribution in [2.75, 3.05) is 25.5 Å². The third-order valence-electron chi connectivity index (χ3n) is 4.59. The highest BCUT2D eigenvalue weighted by molar-refractivity contribution is 7.10. The van der Waals surface area contributed by atoms with Gasteiger partial charge in [-0.25, -0.2) is 0 Å². The third-order valence-corrected chi connectivity index (χ3v) is 5.59. The average molecular weight is 362 g/mol. The Hall–Kier alpha value is -2.45. The van der Waals surface area contributed by atoms with Gasteiger partial charge in [0.2, 0.25) is 0 Å². The SMILES string of the molecule is COc1cc([N+](=O)[O-])ccc1NC(=O)C[NH+]1CCc2sccc2[C@@H]1C. The molecule has 1 aromatic heterocycles. The molecule has 8 heteroatoms. The van der Waals surface area contributed by atoms with Gasteiger partial charge in [0, 0.05) is 22.9 Å². The summed E-state index contributed by atoms with van der Waals surface area (Å²) in [6, 6.07) is 6.58. The Morgan fingerprint density at radius 3 is 3.00 bits per heavy atom. The molecule has 0 radical (unpaired) electrons. The van der Waals surface area contributed by atoms with Crippen LogP contribution in [0.4, 0.5) is 11.4 Å². The van der Waals surface area contributed by atoms with Crippen LogP contribution >= 0.6 is 11.3 Å². The zero-order valence-corrected chi connectivity index (χ0v) is 14.9. The number of thiophene rings is 1. The van der Waals surface area contributed by atoms with E-state index < -0.39 is 4.92 Å². The third kappa shape index (κ3) is 3.64. The second kappa shape index (κ2) is 7.20. The number of rotatable bonds is 5. The first-order chi connectivity index (χ1) is 12.0. The Bertz CT molecular complexity index is 805. The van der Waals surface area contributed by atoms with Gasteiger partial charge < -0.3 is 15.0 Å². The predicted molar refractivity (Wildman–Crippen MR) is 95.4 cm³/mol. The molecular formula is C17H20N3O4S+. The summed E-state index contributed by atoms with van der Waals surface area (Å²) < 4.78 is 5.16. The quantitative estimate of drug-likeness (QED) is 0.627. The van der Waals surface area contributed by atoms with Gasteiger partial charge in [-0.2, -0.15) is 0 Å². The molecule has 0 spiro atoms. The van der Waals surface area contributed by atoms with Gasteiger partial charge >= 0.3 is 0 Å². The molecule has 2 atom stereocenters. The minimum atomic E-state index is -0.494. The van der Waals surface area contributed by atoms with Crippen LogP contribution in [-0.4, -0.2) is 31.0 Å². The van der Waals surface area contributed by atoms with Gasteiger partial charge in [0.15, 0.2) is 6.54 Å². The Kier molecular flexibility index (Phi) is 5.00. The molecule has 1 aliphatic rings. The number of anilines is 1. The van der Waals surface area contributed by atoms with Crippen LogP contribution < -0.4 is 15.0 Å². The number of nitrogens with zero attached hydrogens (tertiary/aromatic N) is 1. The van der Waals surface area contributed by atoms with Crippen LogP contribution in [-0.2, 0) is 11.2 Å². The summed E-state index contributed by atoms with van der Waals surface area (Å²) in [6.45, 7) is 3.40. The molecule has 1 unspecified atom stereocenters. The summed E-state index contributed by atoms with van der Waals surface area (Å²) >= 11 is 1.78. The van der Waals surface area contributed by atoms with Crippen molar-refractivity contribution >= 4 is 28.6 Å². The fraction of sp³-hybridized carbons (Fsp3) is 0.353. The number of quaternary nitrogens is 1. The molecule has 7 nitrogen and oxygen atoms in total. The van der Waals surface area contributed by atoms with Gasteiger partial charge in [0.25, 0.3) is 11.6 Å². The lowest BCUT2D eigenvalue weighted by Gasteiger charge is -2.29. The van der Waals surface area contributed by atoms with E-state index in [-0.39, 0.29) is 23.4 Å². The van der Waals surface area contributed by atoms with Crippen molar-refractivity contribution in [3.05, 3.63) is 50.2 Å². The Labute approximate surface area is 149 Å². The van der Waals surface area contributed by atoms with E-state index in [1.807, 2.05) is 0 Å². The molecule has 2 heterocycles. The van der Waals surface area contributed by atoms with E-state index >= 15 is 0 Å². The molecule has 1 amide bonds. The fourth-order valence-corrected chi connectivity index (χ4v) is 4.17. The first-order valence-electron chi connectivity index (χ1n) is 8.02. The number of hydrogen-bond donors (Lipinski definition) is 2. The molecule has 1 aliphatic heterocycles. The van der Waals surface area contributed by atoms with Crippen molar-refractivity contribution in [3.8, 4) is 5.75 Å². The van der Waals surface area contributed by atoms with Gasteiger partial charge in [-0.3, -0.25) is 14.9 Å². The number of nitro groups is 1. The number of ether oxygens (including phenoxy) is 1. The largest absolute Gasteiger partial charge is 0.494 e. The van der Waals surface area contributed by atoms with Crippen LogP contribution in [0.1, 0.15) is 23.4 Å². The van der Waals surface area contributed by atoms with Crippen molar-refractivity contribution in [2.24, 2.45) is 0 Å². The second-order valence-corrected chi connectivity index (χ2v) is 7.05. The number of amides is 1. The number of hydrogen-bond acceptors (Lipinski definition) is 5. The van der Waals surface area contributed by atoms with Crippen molar-refractivity contribution < 1.29 is 19.4 Å². The van der Waals surface area contributed by atoms with Crippen LogP contribution in [0.3, 0.4) is 0 Å². The highest BCUT2D eigenvalue weighted by Crippen LogP contribution is 2.29. The first-order valence-corrected chi connectivity index (χ1v) is 8.90. The molecule has 132 valence electrons. The number of carbonyl (C=O) groups is 1. The second-order valence-electron chi connectivity index (χ2n) is 6.05. The Morgan fingerprint density at radius 1 is 1.48 bits per heavy atom. The minimum absolute atomic E-state index is 0.0740. The highest BCUT2D eigenvalue weighted by Gasteiger charge is 2.29.